The van der Waals surface area contributed by atoms with Gasteiger partial charge in [0.1, 0.15) is 19.7 Å². The fourth-order valence-corrected chi connectivity index (χ4v) is 6.03. The number of benzene rings is 1. The van der Waals surface area contributed by atoms with Crippen molar-refractivity contribution in [2.75, 3.05) is 51.3 Å². The molecule has 2 saturated heterocycles. The number of amides is 2. The number of nitriles is 1. The van der Waals surface area contributed by atoms with Gasteiger partial charge >= 0.3 is 0 Å². The molecule has 0 unspecified atom stereocenters. The van der Waals surface area contributed by atoms with Gasteiger partial charge in [0, 0.05) is 50.4 Å². The first-order chi connectivity index (χ1) is 19.4. The van der Waals surface area contributed by atoms with Gasteiger partial charge in [0.25, 0.3) is 5.91 Å². The molecule has 1 aliphatic carbocycles. The van der Waals surface area contributed by atoms with E-state index in [1.54, 1.807) is 6.20 Å². The fraction of sp³-hybridized carbons (Fsp3) is 0.552. The number of aromatic nitrogens is 2. The average molecular weight is 542 g/mol. The standard InChI is InChI=1S/C29H39BN8O2/c1-35-14-16-37(17-15-35)29(40)23-10-12-36(13-11-23)20-21-6-8-22(9-7-21)28(39)34-38(24-4-2-3-5-24)27-25(30)19-32-26(18-31)33-27/h6-9,19,23-24H,2-5,10-17,20,30H2,1H3,(H,34,39). The molecule has 5 rings (SSSR count). The number of carbonyl (C=O) groups is 2. The summed E-state index contributed by atoms with van der Waals surface area (Å²) in [5.74, 6) is 0.943. The number of nitrogens with one attached hydrogen (secondary N) is 1. The maximum atomic E-state index is 13.3. The molecule has 0 bridgehead atoms. The molecule has 3 aliphatic rings. The summed E-state index contributed by atoms with van der Waals surface area (Å²) in [4.78, 5) is 41.4. The SMILES string of the molecule is Bc1cnc(C#N)nc1N(NC(=O)c1ccc(CN2CCC(C(=O)N3CCN(C)CC3)CC2)cc1)C1CCCC1. The Morgan fingerprint density at radius 1 is 1.05 bits per heavy atom. The summed E-state index contributed by atoms with van der Waals surface area (Å²) in [6, 6.07) is 9.90. The van der Waals surface area contributed by atoms with Crippen molar-refractivity contribution in [3.8, 4) is 6.07 Å². The minimum Gasteiger partial charge on any atom is -0.340 e. The zero-order valence-corrected chi connectivity index (χ0v) is 23.7. The van der Waals surface area contributed by atoms with E-state index in [0.717, 1.165) is 95.4 Å². The van der Waals surface area contributed by atoms with Crippen molar-refractivity contribution in [1.29, 1.82) is 5.26 Å². The van der Waals surface area contributed by atoms with Gasteiger partial charge in [-0.15, -0.1) is 0 Å². The molecule has 0 spiro atoms. The molecule has 1 saturated carbocycles. The van der Waals surface area contributed by atoms with Crippen LogP contribution >= 0.6 is 0 Å². The molecule has 40 heavy (non-hydrogen) atoms. The number of rotatable bonds is 7. The second-order valence-corrected chi connectivity index (χ2v) is 11.4. The van der Waals surface area contributed by atoms with E-state index < -0.39 is 0 Å². The number of likely N-dealkylation sites (N-methyl/N-ethyl adjacent to an activating group) is 1. The van der Waals surface area contributed by atoms with Crippen LogP contribution in [0.4, 0.5) is 5.82 Å². The molecule has 2 amide bonds. The molecule has 2 aliphatic heterocycles. The van der Waals surface area contributed by atoms with E-state index in [2.05, 4.69) is 32.2 Å². The van der Waals surface area contributed by atoms with Crippen LogP contribution in [0, 0.1) is 17.2 Å². The summed E-state index contributed by atoms with van der Waals surface area (Å²) >= 11 is 0. The van der Waals surface area contributed by atoms with Crippen LogP contribution in [0.1, 0.15) is 60.3 Å². The lowest BCUT2D eigenvalue weighted by atomic mass is 9.94. The molecular formula is C29H39BN8O2. The highest BCUT2D eigenvalue weighted by Crippen LogP contribution is 2.26. The third-order valence-electron chi connectivity index (χ3n) is 8.56. The molecule has 210 valence electrons. The van der Waals surface area contributed by atoms with Crippen LogP contribution in [-0.4, -0.2) is 96.7 Å². The predicted molar refractivity (Wildman–Crippen MR) is 156 cm³/mol. The van der Waals surface area contributed by atoms with Crippen molar-refractivity contribution in [2.45, 2.75) is 51.1 Å². The molecule has 0 radical (unpaired) electrons. The van der Waals surface area contributed by atoms with Crippen LogP contribution in [0.25, 0.3) is 0 Å². The molecule has 2 aromatic rings. The van der Waals surface area contributed by atoms with Gasteiger partial charge < -0.3 is 9.80 Å². The minimum atomic E-state index is -0.196. The van der Waals surface area contributed by atoms with Crippen molar-refractivity contribution in [3.05, 3.63) is 47.4 Å². The van der Waals surface area contributed by atoms with Crippen LogP contribution in [0.5, 0.6) is 0 Å². The summed E-state index contributed by atoms with van der Waals surface area (Å²) < 4.78 is 0. The highest BCUT2D eigenvalue weighted by molar-refractivity contribution is 6.35. The number of likely N-dealkylation sites (tertiary alicyclic amines) is 1. The maximum Gasteiger partial charge on any atom is 0.269 e. The third-order valence-corrected chi connectivity index (χ3v) is 8.56. The van der Waals surface area contributed by atoms with Crippen LogP contribution in [-0.2, 0) is 11.3 Å². The van der Waals surface area contributed by atoms with E-state index in [4.69, 9.17) is 0 Å². The van der Waals surface area contributed by atoms with Crippen molar-refractivity contribution >= 4 is 30.9 Å². The predicted octanol–water partition coefficient (Wildman–Crippen LogP) is 0.687. The molecule has 10 nitrogen and oxygen atoms in total. The summed E-state index contributed by atoms with van der Waals surface area (Å²) in [5.41, 5.74) is 5.62. The molecule has 1 N–H and O–H groups in total. The molecule has 3 heterocycles. The monoisotopic (exact) mass is 542 g/mol. The zero-order valence-electron chi connectivity index (χ0n) is 23.7. The Labute approximate surface area is 237 Å². The number of anilines is 1. The van der Waals surface area contributed by atoms with Crippen LogP contribution in [0.3, 0.4) is 0 Å². The van der Waals surface area contributed by atoms with Gasteiger partial charge in [0.2, 0.25) is 11.7 Å². The van der Waals surface area contributed by atoms with Crippen molar-refractivity contribution in [2.24, 2.45) is 5.92 Å². The number of carbonyl (C=O) groups excluding carboxylic acids is 2. The van der Waals surface area contributed by atoms with Crippen LogP contribution < -0.4 is 15.9 Å². The Morgan fingerprint density at radius 2 is 1.73 bits per heavy atom. The Hall–Kier alpha value is -3.49. The summed E-state index contributed by atoms with van der Waals surface area (Å²) in [7, 11) is 4.00. The van der Waals surface area contributed by atoms with Gasteiger partial charge in [-0.25, -0.2) is 9.97 Å². The number of piperazine rings is 1. The summed E-state index contributed by atoms with van der Waals surface area (Å²) in [6.07, 6.45) is 7.56. The Morgan fingerprint density at radius 3 is 2.38 bits per heavy atom. The molecule has 0 atom stereocenters. The third kappa shape index (κ3) is 6.62. The largest absolute Gasteiger partial charge is 0.340 e. The van der Waals surface area contributed by atoms with Crippen LogP contribution in [0.15, 0.2) is 30.5 Å². The van der Waals surface area contributed by atoms with E-state index in [-0.39, 0.29) is 23.7 Å². The molecule has 1 aromatic carbocycles. The lowest BCUT2D eigenvalue weighted by molar-refractivity contribution is -0.138. The van der Waals surface area contributed by atoms with E-state index in [1.807, 2.05) is 48.1 Å². The first-order valence-corrected chi connectivity index (χ1v) is 14.5. The Balaban J connectivity index is 1.16. The number of hydrogen-bond donors (Lipinski definition) is 1. The lowest BCUT2D eigenvalue weighted by Gasteiger charge is -2.37. The maximum absolute atomic E-state index is 13.3. The normalized spacial score (nSPS) is 19.4. The highest BCUT2D eigenvalue weighted by atomic mass is 16.2. The smallest absolute Gasteiger partial charge is 0.269 e. The topological polar surface area (TPSA) is 109 Å². The molecular weight excluding hydrogens is 503 g/mol. The first-order valence-electron chi connectivity index (χ1n) is 14.5. The summed E-state index contributed by atoms with van der Waals surface area (Å²) in [6.45, 7) is 6.22. The van der Waals surface area contributed by atoms with E-state index in [9.17, 15) is 14.9 Å². The zero-order chi connectivity index (χ0) is 28.1. The molecule has 11 heteroatoms. The van der Waals surface area contributed by atoms with Gasteiger partial charge in [0.05, 0.1) is 6.04 Å². The van der Waals surface area contributed by atoms with E-state index in [1.165, 1.54) is 0 Å². The highest BCUT2D eigenvalue weighted by Gasteiger charge is 2.30. The number of hydrogen-bond acceptors (Lipinski definition) is 8. The molecule has 3 fully saturated rings. The minimum absolute atomic E-state index is 0.0925. The van der Waals surface area contributed by atoms with Crippen molar-refractivity contribution < 1.29 is 9.59 Å². The second-order valence-electron chi connectivity index (χ2n) is 11.4. The lowest BCUT2D eigenvalue weighted by Crippen LogP contribution is -2.50. The second kappa shape index (κ2) is 12.8. The van der Waals surface area contributed by atoms with Gasteiger partial charge in [-0.2, -0.15) is 5.26 Å². The Kier molecular flexibility index (Phi) is 8.97. The van der Waals surface area contributed by atoms with Crippen molar-refractivity contribution in [1.82, 2.24) is 30.1 Å². The van der Waals surface area contributed by atoms with Gasteiger partial charge in [0.15, 0.2) is 0 Å². The number of nitrogens with zero attached hydrogens (tertiary/aromatic N) is 7. The first kappa shape index (κ1) is 28.1. The van der Waals surface area contributed by atoms with Gasteiger partial charge in [-0.05, 0) is 69.0 Å². The van der Waals surface area contributed by atoms with Crippen LogP contribution in [0.2, 0.25) is 0 Å². The average Bonchev–Trinajstić information content (AvgIpc) is 3.52. The molecule has 1 aromatic heterocycles. The van der Waals surface area contributed by atoms with E-state index in [0.29, 0.717) is 17.3 Å². The summed E-state index contributed by atoms with van der Waals surface area (Å²) in [5, 5.41) is 11.1. The number of hydrazine groups is 1. The Bertz CT molecular complexity index is 1230. The van der Waals surface area contributed by atoms with E-state index >= 15 is 0 Å². The number of piperidine rings is 1. The van der Waals surface area contributed by atoms with Gasteiger partial charge in [-0.3, -0.25) is 24.9 Å². The van der Waals surface area contributed by atoms with Crippen molar-refractivity contribution in [3.63, 3.8) is 0 Å². The fourth-order valence-electron chi connectivity index (χ4n) is 6.03. The van der Waals surface area contributed by atoms with Gasteiger partial charge in [-0.1, -0.05) is 25.0 Å². The quantitative estimate of drug-likeness (QED) is 0.402.